The molecule has 0 fully saturated rings. The summed E-state index contributed by atoms with van der Waals surface area (Å²) >= 11 is 3.14. The SMILES string of the molecule is O=C(OCc1cc(-c2cccs2)on1)c1cc2c(s1)CCC2. The lowest BCUT2D eigenvalue weighted by Gasteiger charge is -1.99. The average molecular weight is 331 g/mol. The normalized spacial score (nSPS) is 13.3. The summed E-state index contributed by atoms with van der Waals surface area (Å²) in [5.74, 6) is 0.427. The standard InChI is InChI=1S/C16H13NO3S2/c18-16(15-7-10-3-1-4-13(10)22-15)19-9-11-8-12(20-17-11)14-5-2-6-21-14/h2,5-8H,1,3-4,9H2. The van der Waals surface area contributed by atoms with E-state index >= 15 is 0 Å². The van der Waals surface area contributed by atoms with Crippen molar-refractivity contribution in [2.75, 3.05) is 0 Å². The van der Waals surface area contributed by atoms with Gasteiger partial charge in [0.15, 0.2) is 5.76 Å². The molecule has 0 N–H and O–H groups in total. The zero-order valence-electron chi connectivity index (χ0n) is 11.7. The molecule has 112 valence electrons. The van der Waals surface area contributed by atoms with E-state index in [1.807, 2.05) is 29.6 Å². The van der Waals surface area contributed by atoms with Gasteiger partial charge < -0.3 is 9.26 Å². The van der Waals surface area contributed by atoms with Gasteiger partial charge in [-0.25, -0.2) is 4.79 Å². The first kappa shape index (κ1) is 13.7. The molecule has 1 aliphatic rings. The number of hydrogen-bond acceptors (Lipinski definition) is 6. The van der Waals surface area contributed by atoms with Crippen LogP contribution >= 0.6 is 22.7 Å². The smallest absolute Gasteiger partial charge is 0.348 e. The summed E-state index contributed by atoms with van der Waals surface area (Å²) in [6.07, 6.45) is 3.36. The maximum Gasteiger partial charge on any atom is 0.348 e. The Morgan fingerprint density at radius 2 is 2.32 bits per heavy atom. The summed E-state index contributed by atoms with van der Waals surface area (Å²) in [4.78, 5) is 15.1. The van der Waals surface area contributed by atoms with E-state index in [4.69, 9.17) is 9.26 Å². The minimum atomic E-state index is -0.278. The predicted molar refractivity (Wildman–Crippen MR) is 85.3 cm³/mol. The van der Waals surface area contributed by atoms with Crippen molar-refractivity contribution in [3.63, 3.8) is 0 Å². The molecule has 0 amide bonds. The topological polar surface area (TPSA) is 52.3 Å². The average Bonchev–Trinajstić information content (AvgIpc) is 3.26. The second-order valence-electron chi connectivity index (χ2n) is 5.15. The molecule has 0 aromatic carbocycles. The van der Waals surface area contributed by atoms with Gasteiger partial charge in [-0.15, -0.1) is 22.7 Å². The minimum absolute atomic E-state index is 0.135. The van der Waals surface area contributed by atoms with Crippen molar-refractivity contribution in [1.82, 2.24) is 5.16 Å². The van der Waals surface area contributed by atoms with E-state index in [1.54, 1.807) is 22.7 Å². The Labute approximate surface area is 135 Å². The van der Waals surface area contributed by atoms with Gasteiger partial charge in [0.25, 0.3) is 0 Å². The lowest BCUT2D eigenvalue weighted by atomic mass is 10.2. The van der Waals surface area contributed by atoms with Crippen LogP contribution < -0.4 is 0 Å². The van der Waals surface area contributed by atoms with Gasteiger partial charge in [-0.05, 0) is 42.3 Å². The molecular formula is C16H13NO3S2. The molecule has 0 radical (unpaired) electrons. The highest BCUT2D eigenvalue weighted by Crippen LogP contribution is 2.31. The third-order valence-corrected chi connectivity index (χ3v) is 5.72. The molecule has 0 aliphatic heterocycles. The molecule has 4 nitrogen and oxygen atoms in total. The Morgan fingerprint density at radius 1 is 1.36 bits per heavy atom. The van der Waals surface area contributed by atoms with Gasteiger partial charge >= 0.3 is 5.97 Å². The molecule has 0 spiro atoms. The number of thiophene rings is 2. The summed E-state index contributed by atoms with van der Waals surface area (Å²) in [7, 11) is 0. The van der Waals surface area contributed by atoms with Crippen LogP contribution in [0.25, 0.3) is 10.6 Å². The van der Waals surface area contributed by atoms with Crippen LogP contribution in [0.2, 0.25) is 0 Å². The number of carbonyl (C=O) groups is 1. The van der Waals surface area contributed by atoms with Gasteiger partial charge in [0.05, 0.1) is 4.88 Å². The first-order valence-electron chi connectivity index (χ1n) is 7.08. The fourth-order valence-corrected chi connectivity index (χ4v) is 4.38. The molecule has 6 heteroatoms. The van der Waals surface area contributed by atoms with Gasteiger partial charge in [-0.2, -0.15) is 0 Å². The lowest BCUT2D eigenvalue weighted by Crippen LogP contribution is -2.03. The summed E-state index contributed by atoms with van der Waals surface area (Å²) in [6, 6.07) is 7.70. The molecule has 22 heavy (non-hydrogen) atoms. The Hall–Kier alpha value is -1.92. The van der Waals surface area contributed by atoms with Crippen LogP contribution in [0.1, 0.15) is 32.2 Å². The first-order valence-corrected chi connectivity index (χ1v) is 8.77. The zero-order chi connectivity index (χ0) is 14.9. The van der Waals surface area contributed by atoms with E-state index in [1.165, 1.54) is 16.9 Å². The summed E-state index contributed by atoms with van der Waals surface area (Å²) < 4.78 is 10.6. The van der Waals surface area contributed by atoms with Gasteiger partial charge in [-0.1, -0.05) is 11.2 Å². The van der Waals surface area contributed by atoms with Crippen LogP contribution in [0.5, 0.6) is 0 Å². The predicted octanol–water partition coefficient (Wildman–Crippen LogP) is 4.31. The second-order valence-corrected chi connectivity index (χ2v) is 7.23. The van der Waals surface area contributed by atoms with Crippen molar-refractivity contribution >= 4 is 28.6 Å². The summed E-state index contributed by atoms with van der Waals surface area (Å²) in [5, 5.41) is 5.93. The maximum atomic E-state index is 12.1. The van der Waals surface area contributed by atoms with Crippen molar-refractivity contribution in [1.29, 1.82) is 0 Å². The van der Waals surface area contributed by atoms with Crippen LogP contribution in [-0.4, -0.2) is 11.1 Å². The molecule has 0 atom stereocenters. The highest BCUT2D eigenvalue weighted by atomic mass is 32.1. The Bertz CT molecular complexity index is 780. The van der Waals surface area contributed by atoms with E-state index < -0.39 is 0 Å². The van der Waals surface area contributed by atoms with Crippen LogP contribution in [-0.2, 0) is 24.2 Å². The van der Waals surface area contributed by atoms with Gasteiger partial charge in [0, 0.05) is 10.9 Å². The van der Waals surface area contributed by atoms with E-state index in [9.17, 15) is 4.79 Å². The van der Waals surface area contributed by atoms with Crippen LogP contribution in [0.3, 0.4) is 0 Å². The second kappa shape index (κ2) is 5.70. The summed E-state index contributed by atoms with van der Waals surface area (Å²) in [6.45, 7) is 0.135. The van der Waals surface area contributed by atoms with Crippen LogP contribution in [0.15, 0.2) is 34.2 Å². The number of rotatable bonds is 4. The highest BCUT2D eigenvalue weighted by Gasteiger charge is 2.19. The third-order valence-electron chi connectivity index (χ3n) is 3.62. The van der Waals surface area contributed by atoms with E-state index in [0.717, 1.165) is 17.7 Å². The van der Waals surface area contributed by atoms with Crippen LogP contribution in [0, 0.1) is 0 Å². The number of aryl methyl sites for hydroxylation is 2. The molecule has 4 rings (SSSR count). The third kappa shape index (κ3) is 2.60. The zero-order valence-corrected chi connectivity index (χ0v) is 13.3. The Kier molecular flexibility index (Phi) is 3.56. The largest absolute Gasteiger partial charge is 0.455 e. The van der Waals surface area contributed by atoms with E-state index in [-0.39, 0.29) is 12.6 Å². The van der Waals surface area contributed by atoms with Crippen molar-refractivity contribution in [3.8, 4) is 10.6 Å². The Balaban J connectivity index is 1.40. The quantitative estimate of drug-likeness (QED) is 0.669. The minimum Gasteiger partial charge on any atom is -0.455 e. The van der Waals surface area contributed by atoms with Gasteiger partial charge in [0.1, 0.15) is 17.2 Å². The van der Waals surface area contributed by atoms with Crippen molar-refractivity contribution in [3.05, 3.63) is 50.7 Å². The van der Waals surface area contributed by atoms with E-state index in [2.05, 4.69) is 5.16 Å². The molecule has 0 unspecified atom stereocenters. The van der Waals surface area contributed by atoms with Crippen molar-refractivity contribution in [2.24, 2.45) is 0 Å². The fraction of sp³-hybridized carbons (Fsp3) is 0.250. The highest BCUT2D eigenvalue weighted by molar-refractivity contribution is 7.14. The molecule has 0 saturated carbocycles. The number of ether oxygens (including phenoxy) is 1. The number of carbonyl (C=O) groups excluding carboxylic acids is 1. The van der Waals surface area contributed by atoms with Crippen LogP contribution in [0.4, 0.5) is 0 Å². The maximum absolute atomic E-state index is 12.1. The van der Waals surface area contributed by atoms with Gasteiger partial charge in [-0.3, -0.25) is 0 Å². The number of aromatic nitrogens is 1. The fourth-order valence-electron chi connectivity index (χ4n) is 2.55. The molecular weight excluding hydrogens is 318 g/mol. The number of fused-ring (bicyclic) bond motifs is 1. The number of nitrogens with zero attached hydrogens (tertiary/aromatic N) is 1. The first-order chi connectivity index (χ1) is 10.8. The number of esters is 1. The summed E-state index contributed by atoms with van der Waals surface area (Å²) in [5.41, 5.74) is 1.93. The van der Waals surface area contributed by atoms with E-state index in [0.29, 0.717) is 16.3 Å². The molecule has 3 aromatic rings. The van der Waals surface area contributed by atoms with Crippen molar-refractivity contribution in [2.45, 2.75) is 25.9 Å². The molecule has 3 heterocycles. The monoisotopic (exact) mass is 331 g/mol. The molecule has 0 bridgehead atoms. The Morgan fingerprint density at radius 3 is 3.14 bits per heavy atom. The number of hydrogen-bond donors (Lipinski definition) is 0. The molecule has 1 aliphatic carbocycles. The van der Waals surface area contributed by atoms with Crippen molar-refractivity contribution < 1.29 is 14.1 Å². The van der Waals surface area contributed by atoms with Gasteiger partial charge in [0.2, 0.25) is 0 Å². The molecule has 0 saturated heterocycles. The molecule has 3 aromatic heterocycles. The lowest BCUT2D eigenvalue weighted by molar-refractivity contribution is 0.0470.